The van der Waals surface area contributed by atoms with Crippen LogP contribution in [-0.2, 0) is 4.79 Å². The monoisotopic (exact) mass is 349 g/mol. The predicted octanol–water partition coefficient (Wildman–Crippen LogP) is 2.50. The molecule has 1 aromatic rings. The molecule has 0 aromatic heterocycles. The molecule has 3 amide bonds. The lowest BCUT2D eigenvalue weighted by Gasteiger charge is -2.22. The Morgan fingerprint density at radius 2 is 1.71 bits per heavy atom. The first-order valence-corrected chi connectivity index (χ1v) is 7.22. The third-order valence-corrected chi connectivity index (χ3v) is 3.08. The highest BCUT2D eigenvalue weighted by atomic mass is 19.4. The molecule has 24 heavy (non-hydrogen) atoms. The van der Waals surface area contributed by atoms with E-state index in [0.29, 0.717) is 0 Å². The van der Waals surface area contributed by atoms with E-state index in [1.54, 1.807) is 17.4 Å². The zero-order valence-electron chi connectivity index (χ0n) is 13.2. The quantitative estimate of drug-likeness (QED) is 0.691. The van der Waals surface area contributed by atoms with Gasteiger partial charge in [0.15, 0.2) is 0 Å². The Labute approximate surface area is 136 Å². The number of halogens is 4. The molecule has 0 aliphatic rings. The van der Waals surface area contributed by atoms with Crippen LogP contribution in [-0.4, -0.2) is 31.2 Å². The van der Waals surface area contributed by atoms with Gasteiger partial charge in [-0.05, 0) is 23.6 Å². The summed E-state index contributed by atoms with van der Waals surface area (Å²) in [4.78, 5) is 22.8. The minimum atomic E-state index is -4.55. The van der Waals surface area contributed by atoms with Crippen molar-refractivity contribution < 1.29 is 27.2 Å². The SMILES string of the molecule is CC(C)[C@H](NCC(=O)NC(=O)NCC(F)(F)F)c1ccc(F)cc1. The van der Waals surface area contributed by atoms with Crippen molar-refractivity contribution in [3.8, 4) is 0 Å². The van der Waals surface area contributed by atoms with Gasteiger partial charge in [0.25, 0.3) is 0 Å². The fraction of sp³-hybridized carbons (Fsp3) is 0.467. The van der Waals surface area contributed by atoms with Crippen molar-refractivity contribution in [1.82, 2.24) is 16.0 Å². The van der Waals surface area contributed by atoms with Gasteiger partial charge < -0.3 is 10.6 Å². The molecule has 0 aliphatic carbocycles. The van der Waals surface area contributed by atoms with Gasteiger partial charge in [-0.2, -0.15) is 13.2 Å². The van der Waals surface area contributed by atoms with E-state index < -0.39 is 24.7 Å². The van der Waals surface area contributed by atoms with Gasteiger partial charge in [0.05, 0.1) is 6.54 Å². The first-order valence-electron chi connectivity index (χ1n) is 7.22. The predicted molar refractivity (Wildman–Crippen MR) is 79.6 cm³/mol. The summed E-state index contributed by atoms with van der Waals surface area (Å²) >= 11 is 0. The van der Waals surface area contributed by atoms with Gasteiger partial charge in [0.2, 0.25) is 5.91 Å². The second-order valence-corrected chi connectivity index (χ2v) is 5.50. The zero-order chi connectivity index (χ0) is 18.3. The van der Waals surface area contributed by atoms with Crippen LogP contribution in [0.15, 0.2) is 24.3 Å². The Balaban J connectivity index is 2.51. The fourth-order valence-corrected chi connectivity index (χ4v) is 2.01. The Morgan fingerprint density at radius 1 is 1.12 bits per heavy atom. The van der Waals surface area contributed by atoms with E-state index in [-0.39, 0.29) is 24.3 Å². The van der Waals surface area contributed by atoms with E-state index in [1.165, 1.54) is 17.4 Å². The summed E-state index contributed by atoms with van der Waals surface area (Å²) < 4.78 is 48.8. The lowest BCUT2D eigenvalue weighted by Crippen LogP contribution is -2.46. The van der Waals surface area contributed by atoms with Gasteiger partial charge in [0, 0.05) is 6.04 Å². The summed E-state index contributed by atoms with van der Waals surface area (Å²) in [6.07, 6.45) is -4.55. The molecule has 0 spiro atoms. The second-order valence-electron chi connectivity index (χ2n) is 5.50. The van der Waals surface area contributed by atoms with Crippen LogP contribution in [0, 0.1) is 11.7 Å². The Morgan fingerprint density at radius 3 is 2.21 bits per heavy atom. The number of imide groups is 1. The van der Waals surface area contributed by atoms with Gasteiger partial charge in [0.1, 0.15) is 12.4 Å². The van der Waals surface area contributed by atoms with Crippen molar-refractivity contribution in [3.05, 3.63) is 35.6 Å². The third-order valence-electron chi connectivity index (χ3n) is 3.08. The van der Waals surface area contributed by atoms with E-state index in [0.717, 1.165) is 5.56 Å². The molecule has 0 heterocycles. The van der Waals surface area contributed by atoms with Crippen molar-refractivity contribution in [1.29, 1.82) is 0 Å². The lowest BCUT2D eigenvalue weighted by molar-refractivity contribution is -0.124. The summed E-state index contributed by atoms with van der Waals surface area (Å²) in [5.74, 6) is -1.11. The van der Waals surface area contributed by atoms with Gasteiger partial charge in [-0.3, -0.25) is 10.1 Å². The molecule has 0 saturated carbocycles. The summed E-state index contributed by atoms with van der Waals surface area (Å²) in [5.41, 5.74) is 0.751. The zero-order valence-corrected chi connectivity index (χ0v) is 13.2. The van der Waals surface area contributed by atoms with Crippen LogP contribution in [0.25, 0.3) is 0 Å². The standard InChI is InChI=1S/C15H19F4N3O2/c1-9(2)13(10-3-5-11(16)6-4-10)20-7-12(23)22-14(24)21-8-15(17,18)19/h3-6,9,13,20H,7-8H2,1-2H3,(H2,21,22,23,24)/t13-/m0/s1. The highest BCUT2D eigenvalue weighted by Gasteiger charge is 2.28. The van der Waals surface area contributed by atoms with Gasteiger partial charge in [-0.25, -0.2) is 9.18 Å². The molecule has 0 radical (unpaired) electrons. The average molecular weight is 349 g/mol. The van der Waals surface area contributed by atoms with E-state index in [4.69, 9.17) is 0 Å². The molecule has 0 bridgehead atoms. The normalized spacial score (nSPS) is 12.8. The number of hydrogen-bond donors (Lipinski definition) is 3. The molecule has 1 rings (SSSR count). The second kappa shape index (κ2) is 8.62. The molecule has 0 aliphatic heterocycles. The molecule has 3 N–H and O–H groups in total. The summed E-state index contributed by atoms with van der Waals surface area (Å²) in [7, 11) is 0. The van der Waals surface area contributed by atoms with Crippen LogP contribution in [0.2, 0.25) is 0 Å². The topological polar surface area (TPSA) is 70.2 Å². The summed E-state index contributed by atoms with van der Waals surface area (Å²) in [6, 6.07) is 4.22. The van der Waals surface area contributed by atoms with Crippen LogP contribution in [0.1, 0.15) is 25.5 Å². The van der Waals surface area contributed by atoms with E-state index >= 15 is 0 Å². The molecule has 0 unspecified atom stereocenters. The van der Waals surface area contributed by atoms with Crippen molar-refractivity contribution in [2.45, 2.75) is 26.1 Å². The third kappa shape index (κ3) is 7.40. The minimum absolute atomic E-state index is 0.0577. The number of urea groups is 1. The number of carbonyl (C=O) groups excluding carboxylic acids is 2. The highest BCUT2D eigenvalue weighted by Crippen LogP contribution is 2.21. The molecule has 1 aromatic carbocycles. The Hall–Kier alpha value is -2.16. The van der Waals surface area contributed by atoms with Crippen LogP contribution in [0.5, 0.6) is 0 Å². The van der Waals surface area contributed by atoms with E-state index in [2.05, 4.69) is 5.32 Å². The molecule has 1 atom stereocenters. The molecule has 134 valence electrons. The Bertz CT molecular complexity index is 559. The summed E-state index contributed by atoms with van der Waals surface area (Å²) in [5, 5.41) is 6.23. The molecular formula is C15H19F4N3O2. The first-order chi connectivity index (χ1) is 11.1. The molecule has 9 heteroatoms. The Kier molecular flexibility index (Phi) is 7.15. The van der Waals surface area contributed by atoms with E-state index in [9.17, 15) is 27.2 Å². The van der Waals surface area contributed by atoms with Crippen LogP contribution >= 0.6 is 0 Å². The van der Waals surface area contributed by atoms with Crippen LogP contribution in [0.3, 0.4) is 0 Å². The number of nitrogens with one attached hydrogen (secondary N) is 3. The van der Waals surface area contributed by atoms with Crippen LogP contribution in [0.4, 0.5) is 22.4 Å². The number of alkyl halides is 3. The number of benzene rings is 1. The van der Waals surface area contributed by atoms with Gasteiger partial charge in [-0.1, -0.05) is 26.0 Å². The first kappa shape index (κ1) is 19.9. The minimum Gasteiger partial charge on any atom is -0.329 e. The summed E-state index contributed by atoms with van der Waals surface area (Å²) in [6.45, 7) is 1.97. The lowest BCUT2D eigenvalue weighted by atomic mass is 9.96. The highest BCUT2D eigenvalue weighted by molar-refractivity contribution is 5.95. The maximum atomic E-state index is 13.0. The number of amides is 3. The molecule has 0 fully saturated rings. The number of rotatable bonds is 6. The maximum Gasteiger partial charge on any atom is 0.405 e. The molecular weight excluding hydrogens is 330 g/mol. The van der Waals surface area contributed by atoms with Crippen molar-refractivity contribution in [2.24, 2.45) is 5.92 Å². The van der Waals surface area contributed by atoms with Crippen molar-refractivity contribution in [3.63, 3.8) is 0 Å². The van der Waals surface area contributed by atoms with Gasteiger partial charge in [-0.15, -0.1) is 0 Å². The van der Waals surface area contributed by atoms with Gasteiger partial charge >= 0.3 is 12.2 Å². The van der Waals surface area contributed by atoms with Crippen molar-refractivity contribution in [2.75, 3.05) is 13.1 Å². The largest absolute Gasteiger partial charge is 0.405 e. The average Bonchev–Trinajstić information content (AvgIpc) is 2.46. The molecule has 0 saturated heterocycles. The van der Waals surface area contributed by atoms with E-state index in [1.807, 2.05) is 13.8 Å². The smallest absolute Gasteiger partial charge is 0.329 e. The van der Waals surface area contributed by atoms with Crippen molar-refractivity contribution >= 4 is 11.9 Å². The molecule has 5 nitrogen and oxygen atoms in total. The maximum absolute atomic E-state index is 13.0. The van der Waals surface area contributed by atoms with Crippen LogP contribution < -0.4 is 16.0 Å². The number of hydrogen-bond acceptors (Lipinski definition) is 3. The fourth-order valence-electron chi connectivity index (χ4n) is 2.01. The number of carbonyl (C=O) groups is 2.